The fraction of sp³-hybridized carbons (Fsp3) is 0.750. The Labute approximate surface area is 117 Å². The number of nitrogens with one attached hydrogen (secondary N) is 1. The smallest absolute Gasteiger partial charge is 0.333 e. The first-order chi connectivity index (χ1) is 9.44. The van der Waals surface area contributed by atoms with Gasteiger partial charge in [0, 0.05) is 6.54 Å². The summed E-state index contributed by atoms with van der Waals surface area (Å²) in [7, 11) is 0. The maximum atomic E-state index is 11.2. The first kappa shape index (κ1) is 16.4. The van der Waals surface area contributed by atoms with E-state index in [1.165, 1.54) is 4.68 Å². The van der Waals surface area contributed by atoms with Crippen LogP contribution in [0.3, 0.4) is 0 Å². The van der Waals surface area contributed by atoms with Gasteiger partial charge < -0.3 is 15.5 Å². The van der Waals surface area contributed by atoms with Gasteiger partial charge in [-0.1, -0.05) is 13.8 Å². The van der Waals surface area contributed by atoms with E-state index in [2.05, 4.69) is 10.4 Å². The molecule has 0 atom stereocenters. The molecule has 0 radical (unpaired) electrons. The fourth-order valence-corrected chi connectivity index (χ4v) is 1.98. The van der Waals surface area contributed by atoms with E-state index in [0.717, 1.165) is 6.42 Å². The van der Waals surface area contributed by atoms with Gasteiger partial charge in [-0.3, -0.25) is 10.1 Å². The van der Waals surface area contributed by atoms with Crippen LogP contribution in [0.2, 0.25) is 0 Å². The Kier molecular flexibility index (Phi) is 5.46. The Balaban J connectivity index is 3.29. The molecule has 0 unspecified atom stereocenters. The summed E-state index contributed by atoms with van der Waals surface area (Å²) in [5.74, 6) is 0.235. The highest BCUT2D eigenvalue weighted by atomic mass is 16.6. The number of nitrogens with zero attached hydrogens (tertiary/aromatic N) is 3. The zero-order valence-corrected chi connectivity index (χ0v) is 12.1. The molecule has 20 heavy (non-hydrogen) atoms. The van der Waals surface area contributed by atoms with E-state index in [1.807, 2.05) is 6.92 Å². The lowest BCUT2D eigenvalue weighted by Gasteiger charge is -2.30. The van der Waals surface area contributed by atoms with Crippen molar-refractivity contribution in [3.8, 4) is 0 Å². The van der Waals surface area contributed by atoms with Crippen molar-refractivity contribution < 1.29 is 15.1 Å². The summed E-state index contributed by atoms with van der Waals surface area (Å²) in [6, 6.07) is 0. The number of aliphatic hydroxyl groups excluding tert-OH is 2. The molecule has 3 N–H and O–H groups in total. The van der Waals surface area contributed by atoms with Gasteiger partial charge in [-0.15, -0.1) is 0 Å². The van der Waals surface area contributed by atoms with Crippen LogP contribution in [-0.2, 0) is 6.54 Å². The Morgan fingerprint density at radius 3 is 2.40 bits per heavy atom. The summed E-state index contributed by atoms with van der Waals surface area (Å²) in [6.07, 6.45) is 1.19. The molecule has 0 aliphatic heterocycles. The Bertz CT molecular complexity index is 460. The minimum absolute atomic E-state index is 0.113. The molecule has 0 aromatic carbocycles. The average Bonchev–Trinajstić information content (AvgIpc) is 2.72. The summed E-state index contributed by atoms with van der Waals surface area (Å²) in [4.78, 5) is 10.7. The van der Waals surface area contributed by atoms with E-state index in [1.54, 1.807) is 13.8 Å². The van der Waals surface area contributed by atoms with E-state index in [4.69, 9.17) is 0 Å². The van der Waals surface area contributed by atoms with Crippen molar-refractivity contribution in [1.29, 1.82) is 0 Å². The number of anilines is 1. The fourth-order valence-electron chi connectivity index (χ4n) is 1.98. The molecule has 8 heteroatoms. The lowest BCUT2D eigenvalue weighted by Crippen LogP contribution is -2.46. The number of aromatic nitrogens is 2. The van der Waals surface area contributed by atoms with Crippen molar-refractivity contribution in [1.82, 2.24) is 9.78 Å². The van der Waals surface area contributed by atoms with E-state index >= 15 is 0 Å². The molecule has 1 aromatic rings. The van der Waals surface area contributed by atoms with Crippen molar-refractivity contribution in [2.24, 2.45) is 0 Å². The normalized spacial score (nSPS) is 11.7. The molecule has 1 aromatic heterocycles. The van der Waals surface area contributed by atoms with E-state index in [0.29, 0.717) is 18.7 Å². The van der Waals surface area contributed by atoms with E-state index in [9.17, 15) is 20.3 Å². The quantitative estimate of drug-likeness (QED) is 0.486. The number of rotatable bonds is 8. The van der Waals surface area contributed by atoms with Crippen LogP contribution in [0.1, 0.15) is 32.4 Å². The maximum Gasteiger partial charge on any atom is 0.333 e. The third-order valence-corrected chi connectivity index (χ3v) is 3.38. The minimum atomic E-state index is -0.997. The molecule has 0 amide bonds. The number of hydrogen-bond acceptors (Lipinski definition) is 6. The van der Waals surface area contributed by atoms with Gasteiger partial charge in [0.15, 0.2) is 0 Å². The number of aliphatic hydroxyl groups is 2. The van der Waals surface area contributed by atoms with Crippen LogP contribution in [0.25, 0.3) is 0 Å². The van der Waals surface area contributed by atoms with Crippen molar-refractivity contribution in [2.45, 2.75) is 45.7 Å². The van der Waals surface area contributed by atoms with Crippen molar-refractivity contribution in [2.75, 3.05) is 18.5 Å². The number of nitro groups is 1. The second-order valence-corrected chi connectivity index (χ2v) is 4.84. The summed E-state index contributed by atoms with van der Waals surface area (Å²) in [6.45, 7) is 5.17. The first-order valence-corrected chi connectivity index (χ1v) is 6.66. The summed E-state index contributed by atoms with van der Waals surface area (Å²) in [5.41, 5.74) is -0.798. The second-order valence-electron chi connectivity index (χ2n) is 4.84. The average molecular weight is 286 g/mol. The van der Waals surface area contributed by atoms with Gasteiger partial charge in [-0.05, 0) is 19.8 Å². The maximum absolute atomic E-state index is 11.2. The molecule has 0 aliphatic rings. The Morgan fingerprint density at radius 1 is 1.40 bits per heavy atom. The van der Waals surface area contributed by atoms with Gasteiger partial charge in [0.05, 0.1) is 23.7 Å². The van der Waals surface area contributed by atoms with Gasteiger partial charge in [-0.2, -0.15) is 5.10 Å². The highest BCUT2D eigenvalue weighted by Gasteiger charge is 2.33. The van der Waals surface area contributed by atoms with E-state index in [-0.39, 0.29) is 24.7 Å². The van der Waals surface area contributed by atoms with Crippen molar-refractivity contribution in [3.63, 3.8) is 0 Å². The van der Waals surface area contributed by atoms with Crippen LogP contribution < -0.4 is 5.32 Å². The summed E-state index contributed by atoms with van der Waals surface area (Å²) < 4.78 is 1.52. The highest BCUT2D eigenvalue weighted by molar-refractivity contribution is 5.61. The number of hydrogen-bond donors (Lipinski definition) is 3. The third-order valence-electron chi connectivity index (χ3n) is 3.38. The molecule has 0 bridgehead atoms. The topological polar surface area (TPSA) is 113 Å². The molecule has 0 aliphatic carbocycles. The van der Waals surface area contributed by atoms with Crippen LogP contribution in [0.5, 0.6) is 0 Å². The lowest BCUT2D eigenvalue weighted by molar-refractivity contribution is -0.384. The first-order valence-electron chi connectivity index (χ1n) is 6.66. The molecule has 0 saturated heterocycles. The SMILES string of the molecule is CCCn1nc(C)c([N+](=O)[O-])c1NC(CC)(CO)CO. The zero-order chi connectivity index (χ0) is 15.3. The van der Waals surface area contributed by atoms with Crippen LogP contribution in [0, 0.1) is 17.0 Å². The van der Waals surface area contributed by atoms with Crippen LogP contribution in [0.4, 0.5) is 11.5 Å². The second kappa shape index (κ2) is 6.67. The molecular formula is C12H22N4O4. The lowest BCUT2D eigenvalue weighted by atomic mass is 9.98. The van der Waals surface area contributed by atoms with Crippen LogP contribution in [0.15, 0.2) is 0 Å². The summed E-state index contributed by atoms with van der Waals surface area (Å²) in [5, 5.41) is 37.2. The largest absolute Gasteiger partial charge is 0.394 e. The molecule has 114 valence electrons. The summed E-state index contributed by atoms with van der Waals surface area (Å²) >= 11 is 0. The van der Waals surface area contributed by atoms with Gasteiger partial charge in [0.25, 0.3) is 0 Å². The highest BCUT2D eigenvalue weighted by Crippen LogP contribution is 2.31. The molecule has 0 spiro atoms. The predicted octanol–water partition coefficient (Wildman–Crippen LogP) is 1.06. The molecule has 0 saturated carbocycles. The van der Waals surface area contributed by atoms with Crippen LogP contribution in [-0.4, -0.2) is 43.7 Å². The standard InChI is InChI=1S/C12H22N4O4/c1-4-6-15-11(10(16(19)20)9(3)14-15)13-12(5-2,7-17)8-18/h13,17-18H,4-8H2,1-3H3. The third kappa shape index (κ3) is 3.07. The zero-order valence-electron chi connectivity index (χ0n) is 12.1. The van der Waals surface area contributed by atoms with E-state index < -0.39 is 10.5 Å². The monoisotopic (exact) mass is 286 g/mol. The minimum Gasteiger partial charge on any atom is -0.394 e. The predicted molar refractivity (Wildman–Crippen MR) is 74.7 cm³/mol. The Morgan fingerprint density at radius 2 is 2.00 bits per heavy atom. The van der Waals surface area contributed by atoms with Gasteiger partial charge in [-0.25, -0.2) is 4.68 Å². The van der Waals surface area contributed by atoms with Gasteiger partial charge >= 0.3 is 5.69 Å². The Hall–Kier alpha value is -1.67. The van der Waals surface area contributed by atoms with Gasteiger partial charge in [0.1, 0.15) is 5.69 Å². The number of aryl methyl sites for hydroxylation is 2. The van der Waals surface area contributed by atoms with Gasteiger partial charge in [0.2, 0.25) is 5.82 Å². The molecule has 0 fully saturated rings. The van der Waals surface area contributed by atoms with Crippen molar-refractivity contribution in [3.05, 3.63) is 15.8 Å². The molecule has 1 rings (SSSR count). The van der Waals surface area contributed by atoms with Crippen LogP contribution >= 0.6 is 0 Å². The molecule has 1 heterocycles. The molecular weight excluding hydrogens is 264 g/mol. The van der Waals surface area contributed by atoms with Crippen molar-refractivity contribution >= 4 is 11.5 Å². The molecule has 8 nitrogen and oxygen atoms in total.